The Hall–Kier alpha value is -1.84. The third kappa shape index (κ3) is 1.59. The van der Waals surface area contributed by atoms with Gasteiger partial charge in [-0.3, -0.25) is 4.79 Å². The van der Waals surface area contributed by atoms with E-state index in [4.69, 9.17) is 0 Å². The van der Waals surface area contributed by atoms with Crippen LogP contribution in [0.25, 0.3) is 5.65 Å². The van der Waals surface area contributed by atoms with Crippen LogP contribution >= 0.6 is 0 Å². The molecule has 0 aromatic carbocycles. The number of hydrogen-bond acceptors (Lipinski definition) is 3. The van der Waals surface area contributed by atoms with Gasteiger partial charge in [0.25, 0.3) is 0 Å². The van der Waals surface area contributed by atoms with Crippen LogP contribution in [-0.2, 0) is 11.2 Å². The van der Waals surface area contributed by atoms with Crippen molar-refractivity contribution in [2.45, 2.75) is 13.3 Å². The molecule has 2 heterocycles. The van der Waals surface area contributed by atoms with E-state index < -0.39 is 0 Å². The van der Waals surface area contributed by atoms with Gasteiger partial charge in [-0.15, -0.1) is 0 Å². The van der Waals surface area contributed by atoms with Gasteiger partial charge < -0.3 is 9.51 Å². The highest BCUT2D eigenvalue weighted by Gasteiger charge is 2.03. The summed E-state index contributed by atoms with van der Waals surface area (Å²) in [5.41, 5.74) is 1.46. The fourth-order valence-electron chi connectivity index (χ4n) is 1.37. The highest BCUT2D eigenvalue weighted by molar-refractivity contribution is 5.77. The van der Waals surface area contributed by atoms with Crippen LogP contribution in [0.1, 0.15) is 12.6 Å². The lowest BCUT2D eigenvalue weighted by atomic mass is 10.2. The van der Waals surface area contributed by atoms with Crippen molar-refractivity contribution in [1.29, 1.82) is 0 Å². The number of imidazole rings is 1. The Balaban J connectivity index is 2.46. The molecular formula is C10H10N2O2. The maximum atomic E-state index is 10.9. The highest BCUT2D eigenvalue weighted by atomic mass is 16.3. The largest absolute Gasteiger partial charge is 0.506 e. The van der Waals surface area contributed by atoms with Gasteiger partial charge in [-0.1, -0.05) is 0 Å². The molecule has 0 atom stereocenters. The number of ketones is 1. The highest BCUT2D eigenvalue weighted by Crippen LogP contribution is 2.12. The van der Waals surface area contributed by atoms with Gasteiger partial charge in [0.2, 0.25) is 0 Å². The summed E-state index contributed by atoms with van der Waals surface area (Å²) < 4.78 is 1.70. The van der Waals surface area contributed by atoms with Gasteiger partial charge in [-0.2, -0.15) is 0 Å². The van der Waals surface area contributed by atoms with E-state index in [-0.39, 0.29) is 11.5 Å². The summed E-state index contributed by atoms with van der Waals surface area (Å²) in [6.45, 7) is 1.53. The number of aromatic nitrogens is 2. The molecule has 0 aliphatic heterocycles. The van der Waals surface area contributed by atoms with Gasteiger partial charge >= 0.3 is 0 Å². The van der Waals surface area contributed by atoms with Crippen LogP contribution in [0.15, 0.2) is 24.5 Å². The number of fused-ring (bicyclic) bond motifs is 1. The van der Waals surface area contributed by atoms with E-state index in [1.54, 1.807) is 28.9 Å². The summed E-state index contributed by atoms with van der Waals surface area (Å²) >= 11 is 0. The van der Waals surface area contributed by atoms with E-state index in [0.717, 1.165) is 11.3 Å². The fraction of sp³-hybridized carbons (Fsp3) is 0.200. The molecule has 0 unspecified atom stereocenters. The molecule has 0 aliphatic carbocycles. The Morgan fingerprint density at radius 2 is 2.29 bits per heavy atom. The predicted molar refractivity (Wildman–Crippen MR) is 51.2 cm³/mol. The molecular weight excluding hydrogens is 180 g/mol. The normalized spacial score (nSPS) is 10.6. The molecule has 2 aromatic rings. The van der Waals surface area contributed by atoms with Gasteiger partial charge in [-0.25, -0.2) is 4.98 Å². The topological polar surface area (TPSA) is 54.6 Å². The van der Waals surface area contributed by atoms with Crippen molar-refractivity contribution in [2.75, 3.05) is 0 Å². The first-order valence-corrected chi connectivity index (χ1v) is 4.31. The number of carbonyl (C=O) groups excluding carboxylic acids is 1. The van der Waals surface area contributed by atoms with Crippen LogP contribution in [0.3, 0.4) is 0 Å². The number of carbonyl (C=O) groups is 1. The van der Waals surface area contributed by atoms with Gasteiger partial charge in [0.1, 0.15) is 17.2 Å². The minimum absolute atomic E-state index is 0.0811. The van der Waals surface area contributed by atoms with Crippen LogP contribution in [0.4, 0.5) is 0 Å². The third-order valence-electron chi connectivity index (χ3n) is 1.92. The lowest BCUT2D eigenvalue weighted by molar-refractivity contribution is -0.116. The first kappa shape index (κ1) is 8.74. The van der Waals surface area contributed by atoms with E-state index in [1.165, 1.54) is 6.92 Å². The van der Waals surface area contributed by atoms with Gasteiger partial charge in [0, 0.05) is 12.6 Å². The molecule has 0 bridgehead atoms. The molecule has 72 valence electrons. The zero-order chi connectivity index (χ0) is 10.1. The van der Waals surface area contributed by atoms with Gasteiger partial charge in [0.15, 0.2) is 0 Å². The molecule has 2 rings (SSSR count). The molecule has 1 N–H and O–H groups in total. The number of nitrogens with zero attached hydrogens (tertiary/aromatic N) is 2. The first-order valence-electron chi connectivity index (χ1n) is 4.31. The number of Topliss-reactive ketones (excluding diaryl/α,β-unsaturated/α-hetero) is 1. The summed E-state index contributed by atoms with van der Waals surface area (Å²) in [5.74, 6) is 0.266. The van der Waals surface area contributed by atoms with Crippen molar-refractivity contribution in [2.24, 2.45) is 0 Å². The molecule has 0 saturated carbocycles. The van der Waals surface area contributed by atoms with Crippen LogP contribution in [-0.4, -0.2) is 20.3 Å². The Morgan fingerprint density at radius 1 is 1.50 bits per heavy atom. The number of pyridine rings is 1. The van der Waals surface area contributed by atoms with Crippen molar-refractivity contribution in [3.63, 3.8) is 0 Å². The van der Waals surface area contributed by atoms with Crippen molar-refractivity contribution in [1.82, 2.24) is 9.38 Å². The smallest absolute Gasteiger partial charge is 0.137 e. The Kier molecular flexibility index (Phi) is 1.96. The Morgan fingerprint density at radius 3 is 3.00 bits per heavy atom. The fourth-order valence-corrected chi connectivity index (χ4v) is 1.37. The van der Waals surface area contributed by atoms with Crippen molar-refractivity contribution in [3.8, 4) is 5.75 Å². The van der Waals surface area contributed by atoms with Crippen LogP contribution < -0.4 is 0 Å². The summed E-state index contributed by atoms with van der Waals surface area (Å²) in [6.07, 6.45) is 3.64. The quantitative estimate of drug-likeness (QED) is 0.773. The molecule has 0 saturated heterocycles. The average Bonchev–Trinajstić information content (AvgIpc) is 2.44. The summed E-state index contributed by atoms with van der Waals surface area (Å²) in [6, 6.07) is 3.28. The van der Waals surface area contributed by atoms with Crippen LogP contribution in [0, 0.1) is 0 Å². The Labute approximate surface area is 80.8 Å². The van der Waals surface area contributed by atoms with E-state index >= 15 is 0 Å². The third-order valence-corrected chi connectivity index (χ3v) is 1.92. The minimum atomic E-state index is 0.0811. The van der Waals surface area contributed by atoms with E-state index in [1.807, 2.05) is 0 Å². The lowest BCUT2D eigenvalue weighted by Gasteiger charge is -1.92. The van der Waals surface area contributed by atoms with Crippen LogP contribution in [0.5, 0.6) is 5.75 Å². The number of rotatable bonds is 2. The molecule has 0 fully saturated rings. The molecule has 0 aliphatic rings. The number of aromatic hydroxyl groups is 1. The summed E-state index contributed by atoms with van der Waals surface area (Å²) in [5, 5.41) is 9.21. The van der Waals surface area contributed by atoms with E-state index in [9.17, 15) is 9.90 Å². The van der Waals surface area contributed by atoms with Crippen molar-refractivity contribution in [3.05, 3.63) is 30.2 Å². The molecule has 0 spiro atoms. The SMILES string of the molecule is CC(=O)Cc1cn2cc(O)ccc2n1. The van der Waals surface area contributed by atoms with Crippen LogP contribution in [0.2, 0.25) is 0 Å². The number of hydrogen-bond donors (Lipinski definition) is 1. The predicted octanol–water partition coefficient (Wildman–Crippen LogP) is 1.17. The molecule has 2 aromatic heterocycles. The maximum Gasteiger partial charge on any atom is 0.137 e. The first-order chi connectivity index (χ1) is 6.65. The van der Waals surface area contributed by atoms with Crippen molar-refractivity contribution < 1.29 is 9.90 Å². The standard InChI is InChI=1S/C10H10N2O2/c1-7(13)4-8-5-12-6-9(14)2-3-10(12)11-8/h2-3,5-6,14H,4H2,1H3. The monoisotopic (exact) mass is 190 g/mol. The summed E-state index contributed by atoms with van der Waals surface area (Å²) in [7, 11) is 0. The molecule has 14 heavy (non-hydrogen) atoms. The Bertz CT molecular complexity index is 488. The molecule has 0 radical (unpaired) electrons. The molecule has 4 nitrogen and oxygen atoms in total. The lowest BCUT2D eigenvalue weighted by Crippen LogP contribution is -1.95. The molecule has 4 heteroatoms. The maximum absolute atomic E-state index is 10.9. The summed E-state index contributed by atoms with van der Waals surface area (Å²) in [4.78, 5) is 15.1. The second-order valence-electron chi connectivity index (χ2n) is 3.26. The second kappa shape index (κ2) is 3.14. The van der Waals surface area contributed by atoms with E-state index in [2.05, 4.69) is 4.98 Å². The van der Waals surface area contributed by atoms with Gasteiger partial charge in [0.05, 0.1) is 11.9 Å². The minimum Gasteiger partial charge on any atom is -0.506 e. The van der Waals surface area contributed by atoms with E-state index in [0.29, 0.717) is 6.42 Å². The average molecular weight is 190 g/mol. The van der Waals surface area contributed by atoms with Gasteiger partial charge in [-0.05, 0) is 19.1 Å². The molecule has 0 amide bonds. The zero-order valence-corrected chi connectivity index (χ0v) is 7.77. The second-order valence-corrected chi connectivity index (χ2v) is 3.26. The zero-order valence-electron chi connectivity index (χ0n) is 7.77. The van der Waals surface area contributed by atoms with Crippen molar-refractivity contribution >= 4 is 11.4 Å².